The number of hydrogen-bond donors (Lipinski definition) is 0. The van der Waals surface area contributed by atoms with Gasteiger partial charge in [0.1, 0.15) is 0 Å². The summed E-state index contributed by atoms with van der Waals surface area (Å²) < 4.78 is 0. The summed E-state index contributed by atoms with van der Waals surface area (Å²) in [5, 5.41) is 0. The zero-order valence-electron chi connectivity index (χ0n) is 14.3. The van der Waals surface area contributed by atoms with E-state index in [-0.39, 0.29) is 11.8 Å². The van der Waals surface area contributed by atoms with Crippen molar-refractivity contribution in [2.75, 3.05) is 25.0 Å². The Morgan fingerprint density at radius 3 is 2.56 bits per heavy atom. The number of carbonyl (C=O) groups is 2. The van der Waals surface area contributed by atoms with Gasteiger partial charge in [-0.15, -0.1) is 0 Å². The van der Waals surface area contributed by atoms with E-state index in [2.05, 4.69) is 11.1 Å². The number of piperidine rings is 1. The molecule has 128 valence electrons. The van der Waals surface area contributed by atoms with Crippen LogP contribution in [0.15, 0.2) is 48.7 Å². The number of rotatable bonds is 2. The minimum absolute atomic E-state index is 0.0839. The normalized spacial score (nSPS) is 18.5. The Balaban J connectivity index is 1.50. The van der Waals surface area contributed by atoms with Crippen LogP contribution in [0.5, 0.6) is 0 Å². The number of carbonyl (C=O) groups excluding carboxylic acids is 2. The summed E-state index contributed by atoms with van der Waals surface area (Å²) in [5.74, 6) is 0.242. The Hall–Kier alpha value is -2.69. The average molecular weight is 335 g/mol. The molecule has 0 N–H and O–H groups in total. The first-order valence-electron chi connectivity index (χ1n) is 8.67. The van der Waals surface area contributed by atoms with Gasteiger partial charge in [0.2, 0.25) is 11.8 Å². The Labute approximate surface area is 147 Å². The highest BCUT2D eigenvalue weighted by atomic mass is 16.2. The smallest absolute Gasteiger partial charge is 0.237 e. The van der Waals surface area contributed by atoms with E-state index in [1.165, 1.54) is 0 Å². The van der Waals surface area contributed by atoms with Gasteiger partial charge in [-0.1, -0.05) is 24.3 Å². The number of anilines is 1. The van der Waals surface area contributed by atoms with Gasteiger partial charge in [0, 0.05) is 37.7 Å². The van der Waals surface area contributed by atoms with Crippen molar-refractivity contribution < 1.29 is 9.59 Å². The third-order valence-corrected chi connectivity index (χ3v) is 5.52. The third-order valence-electron chi connectivity index (χ3n) is 5.52. The zero-order chi connectivity index (χ0) is 17.4. The van der Waals surface area contributed by atoms with Crippen LogP contribution in [-0.4, -0.2) is 41.8 Å². The quantitative estimate of drug-likeness (QED) is 0.845. The number of nitrogens with zero attached hydrogens (tertiary/aromatic N) is 3. The van der Waals surface area contributed by atoms with Crippen LogP contribution >= 0.6 is 0 Å². The van der Waals surface area contributed by atoms with E-state index in [9.17, 15) is 9.59 Å². The standard InChI is InChI=1S/C20H21N3O2/c1-22-17-8-3-2-7-16(17)20(19(22)25)9-12-23(13-10-20)18(24)14-15-6-4-5-11-21-15/h2-8,11H,9-10,12-14H2,1H3. The molecule has 25 heavy (non-hydrogen) atoms. The van der Waals surface area contributed by atoms with E-state index in [4.69, 9.17) is 0 Å². The number of amides is 2. The Morgan fingerprint density at radius 2 is 1.84 bits per heavy atom. The number of fused-ring (bicyclic) bond motifs is 2. The van der Waals surface area contributed by atoms with E-state index in [0.29, 0.717) is 32.4 Å². The summed E-state index contributed by atoms with van der Waals surface area (Å²) in [7, 11) is 1.84. The number of pyridine rings is 1. The molecule has 1 aromatic carbocycles. The van der Waals surface area contributed by atoms with Gasteiger partial charge in [0.15, 0.2) is 0 Å². The molecule has 0 aliphatic carbocycles. The number of likely N-dealkylation sites (tertiary alicyclic amines) is 1. The largest absolute Gasteiger partial charge is 0.342 e. The van der Waals surface area contributed by atoms with Gasteiger partial charge in [0.05, 0.1) is 11.8 Å². The number of likely N-dealkylation sites (N-methyl/N-ethyl adjacent to an activating group) is 1. The lowest BCUT2D eigenvalue weighted by molar-refractivity contribution is -0.135. The zero-order valence-corrected chi connectivity index (χ0v) is 14.3. The van der Waals surface area contributed by atoms with Gasteiger partial charge >= 0.3 is 0 Å². The highest BCUT2D eigenvalue weighted by Gasteiger charge is 2.51. The highest BCUT2D eigenvalue weighted by molar-refractivity contribution is 6.07. The summed E-state index contributed by atoms with van der Waals surface area (Å²) in [5.41, 5.74) is 2.43. The molecular weight excluding hydrogens is 314 g/mol. The molecule has 2 aliphatic heterocycles. The van der Waals surface area contributed by atoms with Gasteiger partial charge in [-0.05, 0) is 36.6 Å². The van der Waals surface area contributed by atoms with Crippen molar-refractivity contribution >= 4 is 17.5 Å². The molecule has 4 rings (SSSR count). The monoisotopic (exact) mass is 335 g/mol. The van der Waals surface area contributed by atoms with Crippen molar-refractivity contribution in [3.05, 3.63) is 59.9 Å². The topological polar surface area (TPSA) is 53.5 Å². The van der Waals surface area contributed by atoms with E-state index in [1.54, 1.807) is 11.1 Å². The van der Waals surface area contributed by atoms with Gasteiger partial charge in [-0.25, -0.2) is 0 Å². The summed E-state index contributed by atoms with van der Waals surface area (Å²) in [6.45, 7) is 1.22. The maximum absolute atomic E-state index is 12.9. The third kappa shape index (κ3) is 2.51. The van der Waals surface area contributed by atoms with Gasteiger partial charge in [-0.2, -0.15) is 0 Å². The average Bonchev–Trinajstić information content (AvgIpc) is 2.86. The predicted octanol–water partition coefficient (Wildman–Crippen LogP) is 2.16. The van der Waals surface area contributed by atoms with E-state index in [1.807, 2.05) is 48.3 Å². The molecule has 2 amide bonds. The van der Waals surface area contributed by atoms with Crippen LogP contribution in [0.3, 0.4) is 0 Å². The molecule has 0 saturated carbocycles. The molecule has 1 aromatic heterocycles. The number of para-hydroxylation sites is 1. The molecule has 1 spiro atoms. The van der Waals surface area contributed by atoms with E-state index < -0.39 is 5.41 Å². The van der Waals surface area contributed by atoms with Crippen molar-refractivity contribution in [2.24, 2.45) is 0 Å². The fraction of sp³-hybridized carbons (Fsp3) is 0.350. The molecule has 3 heterocycles. The van der Waals surface area contributed by atoms with Crippen LogP contribution < -0.4 is 4.90 Å². The maximum Gasteiger partial charge on any atom is 0.237 e. The first-order valence-corrected chi connectivity index (χ1v) is 8.67. The molecule has 5 nitrogen and oxygen atoms in total. The Morgan fingerprint density at radius 1 is 1.12 bits per heavy atom. The molecule has 0 radical (unpaired) electrons. The second-order valence-electron chi connectivity index (χ2n) is 6.84. The van der Waals surface area contributed by atoms with Crippen LogP contribution in [0.4, 0.5) is 5.69 Å². The lowest BCUT2D eigenvalue weighted by Gasteiger charge is -2.38. The molecule has 0 atom stereocenters. The van der Waals surface area contributed by atoms with Crippen molar-refractivity contribution in [1.29, 1.82) is 0 Å². The first kappa shape index (κ1) is 15.8. The van der Waals surface area contributed by atoms with Crippen LogP contribution in [0.25, 0.3) is 0 Å². The number of hydrogen-bond acceptors (Lipinski definition) is 3. The van der Waals surface area contributed by atoms with Crippen LogP contribution in [0.1, 0.15) is 24.1 Å². The molecule has 1 fully saturated rings. The lowest BCUT2D eigenvalue weighted by atomic mass is 9.73. The van der Waals surface area contributed by atoms with Crippen molar-refractivity contribution in [1.82, 2.24) is 9.88 Å². The van der Waals surface area contributed by atoms with Crippen LogP contribution in [-0.2, 0) is 21.4 Å². The second kappa shape index (κ2) is 5.99. The summed E-state index contributed by atoms with van der Waals surface area (Å²) >= 11 is 0. The fourth-order valence-electron chi connectivity index (χ4n) is 4.11. The predicted molar refractivity (Wildman–Crippen MR) is 95.3 cm³/mol. The number of aromatic nitrogens is 1. The molecule has 0 bridgehead atoms. The minimum Gasteiger partial charge on any atom is -0.342 e. The summed E-state index contributed by atoms with van der Waals surface area (Å²) in [6.07, 6.45) is 3.39. The molecule has 0 unspecified atom stereocenters. The van der Waals surface area contributed by atoms with Gasteiger partial charge in [0.25, 0.3) is 0 Å². The Kier molecular flexibility index (Phi) is 3.79. The van der Waals surface area contributed by atoms with Crippen molar-refractivity contribution in [3.63, 3.8) is 0 Å². The summed E-state index contributed by atoms with van der Waals surface area (Å²) in [4.78, 5) is 33.3. The van der Waals surface area contributed by atoms with Gasteiger partial charge < -0.3 is 9.80 Å². The SMILES string of the molecule is CN1C(=O)C2(CCN(C(=O)Cc3ccccn3)CC2)c2ccccc21. The minimum atomic E-state index is -0.465. The molecule has 2 aromatic rings. The van der Waals surface area contributed by atoms with Crippen molar-refractivity contribution in [3.8, 4) is 0 Å². The highest BCUT2D eigenvalue weighted by Crippen LogP contribution is 2.47. The van der Waals surface area contributed by atoms with Crippen molar-refractivity contribution in [2.45, 2.75) is 24.7 Å². The fourth-order valence-corrected chi connectivity index (χ4v) is 4.11. The van der Waals surface area contributed by atoms with E-state index in [0.717, 1.165) is 16.9 Å². The van der Waals surface area contributed by atoms with Crippen LogP contribution in [0, 0.1) is 0 Å². The lowest BCUT2D eigenvalue weighted by Crippen LogP contribution is -2.49. The first-order chi connectivity index (χ1) is 12.1. The summed E-state index contributed by atoms with van der Waals surface area (Å²) in [6, 6.07) is 13.6. The molecule has 5 heteroatoms. The molecular formula is C20H21N3O2. The van der Waals surface area contributed by atoms with E-state index >= 15 is 0 Å². The number of benzene rings is 1. The Bertz CT molecular complexity index is 811. The molecule has 2 aliphatic rings. The van der Waals surface area contributed by atoms with Crippen LogP contribution in [0.2, 0.25) is 0 Å². The molecule has 1 saturated heterocycles. The second-order valence-corrected chi connectivity index (χ2v) is 6.84. The maximum atomic E-state index is 12.9. The van der Waals surface area contributed by atoms with Gasteiger partial charge in [-0.3, -0.25) is 14.6 Å².